The molecular weight excluding hydrogens is 1290 g/mol. The zero-order chi connectivity index (χ0) is 66.1. The van der Waals surface area contributed by atoms with Crippen LogP contribution in [-0.4, -0.2) is 126 Å². The molecule has 1 saturated carbocycles. The van der Waals surface area contributed by atoms with Crippen molar-refractivity contribution in [2.45, 2.75) is 86.8 Å². The molecule has 8 aromatic rings. The molecule has 0 unspecified atom stereocenters. The van der Waals surface area contributed by atoms with Crippen LogP contribution in [0.5, 0.6) is 0 Å². The average molecular weight is 1340 g/mol. The zero-order valence-corrected chi connectivity index (χ0v) is 51.5. The summed E-state index contributed by atoms with van der Waals surface area (Å²) in [7, 11) is -8.02. The summed E-state index contributed by atoms with van der Waals surface area (Å²) in [4.78, 5) is 106. The van der Waals surface area contributed by atoms with E-state index >= 15 is 4.39 Å². The molecule has 0 radical (unpaired) electrons. The molecular formula is C63H55Cl2F4N9O12S2. The molecule has 2 aliphatic heterocycles. The van der Waals surface area contributed by atoms with Crippen LogP contribution in [0.15, 0.2) is 145 Å². The number of sulfonamides is 2. The Labute approximate surface area is 532 Å². The fraction of sp³-hybridized carbons (Fsp3) is 0.238. The second-order valence-electron chi connectivity index (χ2n) is 22.0. The Kier molecular flexibility index (Phi) is 19.1. The highest BCUT2D eigenvalue weighted by atomic mass is 35.5. The number of Topliss-reactive ketones (excluding diaryl/α,β-unsaturated/α-hetero) is 1. The topological polar surface area (TPSA) is 295 Å². The van der Waals surface area contributed by atoms with E-state index in [-0.39, 0.29) is 91.7 Å². The van der Waals surface area contributed by atoms with Crippen LogP contribution in [0, 0.1) is 11.6 Å². The number of nitrogens with one attached hydrogen (secondary N) is 4. The van der Waals surface area contributed by atoms with Crippen molar-refractivity contribution in [3.05, 3.63) is 189 Å². The molecule has 1 aliphatic carbocycles. The van der Waals surface area contributed by atoms with E-state index in [9.17, 15) is 68.4 Å². The highest BCUT2D eigenvalue weighted by molar-refractivity contribution is 7.91. The Morgan fingerprint density at radius 1 is 0.598 bits per heavy atom. The number of carbonyl (C=O) groups excluding carboxylic acids is 8. The number of hydrogen-bond acceptors (Lipinski definition) is 12. The molecule has 92 heavy (non-hydrogen) atoms. The van der Waals surface area contributed by atoms with Gasteiger partial charge in [-0.1, -0.05) is 96.0 Å². The van der Waals surface area contributed by atoms with Crippen LogP contribution in [0.1, 0.15) is 79.6 Å². The molecule has 4 heterocycles. The Morgan fingerprint density at radius 3 is 1.70 bits per heavy atom. The second kappa shape index (κ2) is 26.8. The molecule has 0 spiro atoms. The monoisotopic (exact) mass is 1340 g/mol. The van der Waals surface area contributed by atoms with Gasteiger partial charge >= 0.3 is 0 Å². The summed E-state index contributed by atoms with van der Waals surface area (Å²) in [5, 5.41) is 5.25. The summed E-state index contributed by atoms with van der Waals surface area (Å²) in [6.07, 6.45) is -0.0112. The van der Waals surface area contributed by atoms with Crippen LogP contribution in [0.25, 0.3) is 32.9 Å². The van der Waals surface area contributed by atoms with Gasteiger partial charge in [0.1, 0.15) is 43.3 Å². The van der Waals surface area contributed by atoms with E-state index in [2.05, 4.69) is 10.6 Å². The minimum atomic E-state index is -4.18. The number of hydrogen-bond donors (Lipinski definition) is 5. The summed E-state index contributed by atoms with van der Waals surface area (Å²) in [5.74, 6) is -7.26. The van der Waals surface area contributed by atoms with E-state index in [0.717, 1.165) is 9.80 Å². The molecule has 6 N–H and O–H groups in total. The number of amides is 7. The minimum Gasteiger partial charge on any atom is -0.366 e. The first kappa shape index (κ1) is 65.5. The number of halogens is 6. The van der Waals surface area contributed by atoms with Crippen LogP contribution >= 0.6 is 23.2 Å². The lowest BCUT2D eigenvalue weighted by atomic mass is 10.0. The van der Waals surface area contributed by atoms with E-state index < -0.39 is 122 Å². The summed E-state index contributed by atoms with van der Waals surface area (Å²) >= 11 is 12.0. The maximum atomic E-state index is 15.5. The molecule has 7 amide bonds. The number of benzene rings is 6. The highest BCUT2D eigenvalue weighted by Crippen LogP contribution is 2.35. The van der Waals surface area contributed by atoms with Gasteiger partial charge in [0.2, 0.25) is 33.7 Å². The molecule has 0 bridgehead atoms. The maximum absolute atomic E-state index is 15.5. The lowest BCUT2D eigenvalue weighted by Gasteiger charge is -2.24. The molecule has 2 saturated heterocycles. The molecule has 3 aliphatic rings. The predicted molar refractivity (Wildman–Crippen MR) is 332 cm³/mol. The molecule has 3 fully saturated rings. The van der Waals surface area contributed by atoms with Crippen LogP contribution in [0.3, 0.4) is 0 Å². The quantitative estimate of drug-likeness (QED) is 0.0403. The van der Waals surface area contributed by atoms with Gasteiger partial charge in [-0.3, -0.25) is 38.4 Å². The summed E-state index contributed by atoms with van der Waals surface area (Å²) in [6, 6.07) is 28.3. The zero-order valence-electron chi connectivity index (χ0n) is 48.4. The van der Waals surface area contributed by atoms with Crippen molar-refractivity contribution in [3.8, 4) is 11.1 Å². The number of fused-ring (bicyclic) bond motifs is 2. The van der Waals surface area contributed by atoms with Crippen LogP contribution in [-0.2, 0) is 58.9 Å². The fourth-order valence-electron chi connectivity index (χ4n) is 10.9. The number of likely N-dealkylation sites (tertiary alicyclic amines) is 2. The Hall–Kier alpha value is -9.44. The highest BCUT2D eigenvalue weighted by Gasteiger charge is 2.42. The normalized spacial score (nSPS) is 17.2. The Balaban J connectivity index is 0.000000202. The van der Waals surface area contributed by atoms with Crippen molar-refractivity contribution in [1.82, 2.24) is 33.7 Å². The number of aromatic nitrogens is 2. The number of primary amides is 1. The van der Waals surface area contributed by atoms with E-state index in [1.165, 1.54) is 126 Å². The SMILES string of the molecule is CC(=O)c1cn(CC(=O)N2C[C@H](F)C[C@H]2C(=O)NCc2cccc(Cl)c2F)c2cc(C(=O)NS(=O)(=O)c3ccccc3)ccc12.NC(=O)c1cn(CC(=O)N2C[C@H](F)C[C@H]2C(=O)Nc2cccc(-c3ccccc3Cl)c2F)c2cc(C(=O)NS(=O)(=O)C3CC3)ccc12. The fourth-order valence-corrected chi connectivity index (χ4v) is 13.6. The summed E-state index contributed by atoms with van der Waals surface area (Å²) in [6.45, 7) is -0.570. The van der Waals surface area contributed by atoms with Gasteiger partial charge in [-0.15, -0.1) is 0 Å². The minimum absolute atomic E-state index is 0.0262. The van der Waals surface area contributed by atoms with E-state index in [1.54, 1.807) is 30.3 Å². The summed E-state index contributed by atoms with van der Waals surface area (Å²) < 4.78 is 116. The molecule has 11 rings (SSSR count). The first-order valence-corrected chi connectivity index (χ1v) is 32.1. The standard InChI is InChI=1S/C32H28ClF2N5O6S.C31H27ClF2N4O6S/c33-24-6-2-1-4-20(24)22-5-3-7-25(29(22)35)37-32(44)27-13-18(34)14-40(27)28(41)16-39-15-23(30(36)42)21-11-8-17(12-26(21)39)31(43)38-47(45,46)19-9-10-19;1-18(39)24-16-37(26-12-19(10-11-23(24)26)30(41)36-45(43,44)22-7-3-2-4-8-22)17-28(40)38-15-21(33)13-27(38)31(42)35-14-20-6-5-9-25(32)29(20)34/h1-8,11-12,15,18-19,27H,9-10,13-14,16H2,(H2,36,42)(H,37,44)(H,38,43);2-12,16,21,27H,13-15,17H2,1H3,(H,35,42)(H,36,41)/t18-,27+;21-,27+/m11/s1. The van der Waals surface area contributed by atoms with Crippen molar-refractivity contribution in [2.75, 3.05) is 18.4 Å². The van der Waals surface area contributed by atoms with Gasteiger partial charge in [0.15, 0.2) is 11.6 Å². The first-order valence-electron chi connectivity index (χ1n) is 28.4. The van der Waals surface area contributed by atoms with Crippen LogP contribution in [0.2, 0.25) is 10.0 Å². The van der Waals surface area contributed by atoms with E-state index in [4.69, 9.17) is 28.9 Å². The number of rotatable bonds is 18. The lowest BCUT2D eigenvalue weighted by molar-refractivity contribution is -0.139. The molecule has 2 aromatic heterocycles. The molecule has 21 nitrogen and oxygen atoms in total. The molecule has 4 atom stereocenters. The Bertz CT molecular complexity index is 4570. The summed E-state index contributed by atoms with van der Waals surface area (Å²) in [5.41, 5.74) is 6.67. The Morgan fingerprint density at radius 2 is 1.12 bits per heavy atom. The van der Waals surface area contributed by atoms with Crippen molar-refractivity contribution in [1.29, 1.82) is 0 Å². The van der Waals surface area contributed by atoms with Crippen LogP contribution in [0.4, 0.5) is 23.2 Å². The molecule has 478 valence electrons. The van der Waals surface area contributed by atoms with Gasteiger partial charge in [0.05, 0.1) is 50.5 Å². The third-order valence-electron chi connectivity index (χ3n) is 15.7. The number of alkyl halides is 2. The molecule has 6 aromatic carbocycles. The number of ketones is 1. The predicted octanol–water partition coefficient (Wildman–Crippen LogP) is 8.01. The van der Waals surface area contributed by atoms with Crippen LogP contribution < -0.4 is 25.8 Å². The number of nitrogens with zero attached hydrogens (tertiary/aromatic N) is 4. The van der Waals surface area contributed by atoms with E-state index in [0.29, 0.717) is 34.2 Å². The van der Waals surface area contributed by atoms with Gasteiger partial charge in [-0.2, -0.15) is 0 Å². The molecule has 29 heteroatoms. The average Bonchev–Trinajstić information content (AvgIpc) is 1.62. The van der Waals surface area contributed by atoms with Crippen molar-refractivity contribution < 1.29 is 72.8 Å². The van der Waals surface area contributed by atoms with Gasteiger partial charge in [-0.05, 0) is 74.4 Å². The smallest absolute Gasteiger partial charge is 0.265 e. The van der Waals surface area contributed by atoms with Gasteiger partial charge in [-0.25, -0.2) is 43.8 Å². The van der Waals surface area contributed by atoms with Gasteiger partial charge in [0.25, 0.3) is 27.7 Å². The van der Waals surface area contributed by atoms with Gasteiger partial charge < -0.3 is 35.3 Å². The number of anilines is 1. The van der Waals surface area contributed by atoms with Crippen molar-refractivity contribution in [2.24, 2.45) is 5.73 Å². The second-order valence-corrected chi connectivity index (χ2v) is 26.5. The maximum Gasteiger partial charge on any atom is 0.265 e. The lowest BCUT2D eigenvalue weighted by Crippen LogP contribution is -2.46. The van der Waals surface area contributed by atoms with Gasteiger partial charge in [0, 0.05) is 81.0 Å². The third-order valence-corrected chi connectivity index (χ3v) is 19.5. The van der Waals surface area contributed by atoms with Crippen molar-refractivity contribution >= 4 is 118 Å². The largest absolute Gasteiger partial charge is 0.366 e. The third kappa shape index (κ3) is 14.2. The van der Waals surface area contributed by atoms with E-state index in [1.807, 2.05) is 9.44 Å². The van der Waals surface area contributed by atoms with Crippen molar-refractivity contribution in [3.63, 3.8) is 0 Å². The number of carbonyl (C=O) groups is 8. The first-order chi connectivity index (χ1) is 43.7. The number of nitrogens with two attached hydrogens (primary N) is 1.